The highest BCUT2D eigenvalue weighted by molar-refractivity contribution is 5.77. The molecule has 130 valence electrons. The van der Waals surface area contributed by atoms with E-state index in [2.05, 4.69) is 47.1 Å². The average Bonchev–Trinajstić information content (AvgIpc) is 2.95. The second kappa shape index (κ2) is 7.94. The second-order valence-electron chi connectivity index (χ2n) is 6.06. The van der Waals surface area contributed by atoms with Gasteiger partial charge in [-0.2, -0.15) is 0 Å². The van der Waals surface area contributed by atoms with Gasteiger partial charge in [-0.25, -0.2) is 4.98 Å². The fourth-order valence-electron chi connectivity index (χ4n) is 2.95. The van der Waals surface area contributed by atoms with E-state index in [-0.39, 0.29) is 12.5 Å². The normalized spacial score (nSPS) is 11.0. The maximum Gasteiger partial charge on any atom is 0.245 e. The molecule has 0 atom stereocenters. The minimum Gasteiger partial charge on any atom is -0.375 e. The summed E-state index contributed by atoms with van der Waals surface area (Å²) in [6.07, 6.45) is 0.677. The summed E-state index contributed by atoms with van der Waals surface area (Å²) < 4.78 is 7.07. The topological polar surface area (TPSA) is 56.1 Å². The van der Waals surface area contributed by atoms with Gasteiger partial charge in [-0.05, 0) is 30.2 Å². The van der Waals surface area contributed by atoms with E-state index in [0.717, 1.165) is 23.4 Å². The molecule has 3 rings (SSSR count). The summed E-state index contributed by atoms with van der Waals surface area (Å²) in [6.45, 7) is 3.52. The van der Waals surface area contributed by atoms with Crippen LogP contribution in [0.25, 0.3) is 11.0 Å². The molecular formula is C20H23N3O2. The number of amides is 1. The Morgan fingerprint density at radius 2 is 1.92 bits per heavy atom. The first kappa shape index (κ1) is 17.2. The second-order valence-corrected chi connectivity index (χ2v) is 6.06. The van der Waals surface area contributed by atoms with Gasteiger partial charge in [-0.3, -0.25) is 4.79 Å². The Morgan fingerprint density at radius 1 is 1.16 bits per heavy atom. The van der Waals surface area contributed by atoms with Gasteiger partial charge in [0.2, 0.25) is 5.91 Å². The van der Waals surface area contributed by atoms with Crippen LogP contribution >= 0.6 is 0 Å². The number of imidazole rings is 1. The van der Waals surface area contributed by atoms with Crippen molar-refractivity contribution in [3.63, 3.8) is 0 Å². The third-order valence-electron chi connectivity index (χ3n) is 4.27. The standard InChI is InChI=1S/C20H23N3O2/c1-15-7-3-4-8-16(15)13-23-18-10-6-5-9-17(18)22-19(23)11-12-21-20(24)14-25-2/h3-10H,11-14H2,1-2H3,(H,21,24). The van der Waals surface area contributed by atoms with Gasteiger partial charge in [0.1, 0.15) is 12.4 Å². The molecule has 1 heterocycles. The molecule has 0 aliphatic carbocycles. The number of hydrogen-bond acceptors (Lipinski definition) is 3. The quantitative estimate of drug-likeness (QED) is 0.721. The van der Waals surface area contributed by atoms with Crippen LogP contribution in [0.3, 0.4) is 0 Å². The highest BCUT2D eigenvalue weighted by Crippen LogP contribution is 2.19. The number of methoxy groups -OCH3 is 1. The summed E-state index contributed by atoms with van der Waals surface area (Å²) in [4.78, 5) is 16.3. The molecule has 0 saturated heterocycles. The molecule has 25 heavy (non-hydrogen) atoms. The van der Waals surface area contributed by atoms with Crippen LogP contribution < -0.4 is 5.32 Å². The van der Waals surface area contributed by atoms with Crippen LogP contribution in [0.15, 0.2) is 48.5 Å². The summed E-state index contributed by atoms with van der Waals surface area (Å²) in [5.41, 5.74) is 4.63. The van der Waals surface area contributed by atoms with Gasteiger partial charge < -0.3 is 14.6 Å². The van der Waals surface area contributed by atoms with Gasteiger partial charge in [-0.15, -0.1) is 0 Å². The summed E-state index contributed by atoms with van der Waals surface area (Å²) in [6, 6.07) is 16.5. The lowest BCUT2D eigenvalue weighted by Crippen LogP contribution is -2.29. The number of rotatable bonds is 7. The molecule has 0 fully saturated rings. The van der Waals surface area contributed by atoms with Crippen molar-refractivity contribution in [3.8, 4) is 0 Å². The summed E-state index contributed by atoms with van der Waals surface area (Å²) in [7, 11) is 1.52. The maximum atomic E-state index is 11.6. The molecule has 3 aromatic rings. The summed E-state index contributed by atoms with van der Waals surface area (Å²) in [5.74, 6) is 0.867. The number of nitrogens with one attached hydrogen (secondary N) is 1. The zero-order valence-electron chi connectivity index (χ0n) is 14.7. The molecule has 0 aliphatic heterocycles. The van der Waals surface area contributed by atoms with Crippen molar-refractivity contribution in [2.24, 2.45) is 0 Å². The summed E-state index contributed by atoms with van der Waals surface area (Å²) in [5, 5.41) is 2.86. The number of fused-ring (bicyclic) bond motifs is 1. The highest BCUT2D eigenvalue weighted by atomic mass is 16.5. The van der Waals surface area contributed by atoms with Crippen molar-refractivity contribution in [3.05, 3.63) is 65.5 Å². The Balaban J connectivity index is 1.85. The number of aromatic nitrogens is 2. The minimum atomic E-state index is -0.107. The van der Waals surface area contributed by atoms with E-state index in [9.17, 15) is 4.79 Å². The van der Waals surface area contributed by atoms with Crippen molar-refractivity contribution in [2.45, 2.75) is 19.9 Å². The molecule has 0 aliphatic rings. The highest BCUT2D eigenvalue weighted by Gasteiger charge is 2.12. The van der Waals surface area contributed by atoms with Crippen LogP contribution in [-0.2, 0) is 22.5 Å². The molecule has 1 aromatic heterocycles. The van der Waals surface area contributed by atoms with Gasteiger partial charge in [0, 0.05) is 26.6 Å². The van der Waals surface area contributed by atoms with E-state index in [0.29, 0.717) is 13.0 Å². The van der Waals surface area contributed by atoms with Crippen molar-refractivity contribution in [1.82, 2.24) is 14.9 Å². The number of nitrogens with zero attached hydrogens (tertiary/aromatic N) is 2. The molecule has 5 nitrogen and oxygen atoms in total. The lowest BCUT2D eigenvalue weighted by molar-refractivity contribution is -0.124. The first-order valence-electron chi connectivity index (χ1n) is 8.43. The van der Waals surface area contributed by atoms with E-state index >= 15 is 0 Å². The van der Waals surface area contributed by atoms with E-state index in [1.807, 2.05) is 18.2 Å². The molecule has 0 spiro atoms. The first-order valence-corrected chi connectivity index (χ1v) is 8.43. The monoisotopic (exact) mass is 337 g/mol. The predicted molar refractivity (Wildman–Crippen MR) is 98.6 cm³/mol. The number of aryl methyl sites for hydroxylation is 1. The smallest absolute Gasteiger partial charge is 0.245 e. The van der Waals surface area contributed by atoms with Crippen LogP contribution in [0, 0.1) is 6.92 Å². The number of ether oxygens (including phenoxy) is 1. The van der Waals surface area contributed by atoms with Gasteiger partial charge in [0.05, 0.1) is 11.0 Å². The fourth-order valence-corrected chi connectivity index (χ4v) is 2.95. The van der Waals surface area contributed by atoms with Crippen LogP contribution in [-0.4, -0.2) is 35.7 Å². The molecule has 5 heteroatoms. The number of para-hydroxylation sites is 2. The van der Waals surface area contributed by atoms with E-state index in [4.69, 9.17) is 9.72 Å². The Morgan fingerprint density at radius 3 is 2.72 bits per heavy atom. The van der Waals surface area contributed by atoms with Crippen LogP contribution in [0.1, 0.15) is 17.0 Å². The van der Waals surface area contributed by atoms with Crippen molar-refractivity contribution < 1.29 is 9.53 Å². The third-order valence-corrected chi connectivity index (χ3v) is 4.27. The number of carbonyl (C=O) groups is 1. The molecule has 0 bridgehead atoms. The largest absolute Gasteiger partial charge is 0.375 e. The van der Waals surface area contributed by atoms with Gasteiger partial charge in [0.25, 0.3) is 0 Å². The van der Waals surface area contributed by atoms with E-state index in [1.165, 1.54) is 18.2 Å². The Kier molecular flexibility index (Phi) is 5.46. The van der Waals surface area contributed by atoms with Gasteiger partial charge in [0.15, 0.2) is 0 Å². The zero-order chi connectivity index (χ0) is 17.6. The van der Waals surface area contributed by atoms with Crippen molar-refractivity contribution in [1.29, 1.82) is 0 Å². The van der Waals surface area contributed by atoms with Crippen LogP contribution in [0.2, 0.25) is 0 Å². The molecule has 0 saturated carbocycles. The average molecular weight is 337 g/mol. The SMILES string of the molecule is COCC(=O)NCCc1nc2ccccc2n1Cc1ccccc1C. The molecule has 2 aromatic carbocycles. The Hall–Kier alpha value is -2.66. The van der Waals surface area contributed by atoms with E-state index < -0.39 is 0 Å². The maximum absolute atomic E-state index is 11.6. The fraction of sp³-hybridized carbons (Fsp3) is 0.300. The molecule has 0 radical (unpaired) electrons. The Labute approximate surface area is 147 Å². The van der Waals surface area contributed by atoms with E-state index in [1.54, 1.807) is 0 Å². The zero-order valence-corrected chi connectivity index (χ0v) is 14.7. The number of hydrogen-bond donors (Lipinski definition) is 1. The predicted octanol–water partition coefficient (Wildman–Crippen LogP) is 2.70. The lowest BCUT2D eigenvalue weighted by Gasteiger charge is -2.12. The molecule has 0 unspecified atom stereocenters. The lowest BCUT2D eigenvalue weighted by atomic mass is 10.1. The van der Waals surface area contributed by atoms with Gasteiger partial charge >= 0.3 is 0 Å². The first-order chi connectivity index (χ1) is 12.2. The molecule has 1 N–H and O–H groups in total. The molecular weight excluding hydrogens is 314 g/mol. The van der Waals surface area contributed by atoms with Crippen LogP contribution in [0.4, 0.5) is 0 Å². The van der Waals surface area contributed by atoms with Crippen molar-refractivity contribution in [2.75, 3.05) is 20.3 Å². The minimum absolute atomic E-state index is 0.0830. The van der Waals surface area contributed by atoms with Crippen LogP contribution in [0.5, 0.6) is 0 Å². The number of benzene rings is 2. The van der Waals surface area contributed by atoms with Gasteiger partial charge in [-0.1, -0.05) is 36.4 Å². The Bertz CT molecular complexity index is 870. The third kappa shape index (κ3) is 4.06. The van der Waals surface area contributed by atoms with Crippen molar-refractivity contribution >= 4 is 16.9 Å². The molecule has 1 amide bonds. The number of carbonyl (C=O) groups excluding carboxylic acids is 1. The summed E-state index contributed by atoms with van der Waals surface area (Å²) >= 11 is 0.